The van der Waals surface area contributed by atoms with Crippen LogP contribution in [0.25, 0.3) is 11.0 Å². The summed E-state index contributed by atoms with van der Waals surface area (Å²) >= 11 is 0. The molecule has 98 valence electrons. The number of hydrogen-bond acceptors (Lipinski definition) is 4. The second-order valence-electron chi connectivity index (χ2n) is 5.49. The van der Waals surface area contributed by atoms with Gasteiger partial charge in [-0.3, -0.25) is 0 Å². The van der Waals surface area contributed by atoms with E-state index in [0.717, 1.165) is 37.4 Å². The highest BCUT2D eigenvalue weighted by atomic mass is 16.5. The van der Waals surface area contributed by atoms with Crippen LogP contribution in [0.1, 0.15) is 10.6 Å². The predicted octanol–water partition coefficient (Wildman–Crippen LogP) is 1.97. The quantitative estimate of drug-likeness (QED) is 0.893. The van der Waals surface area contributed by atoms with Gasteiger partial charge in [0.1, 0.15) is 5.58 Å². The summed E-state index contributed by atoms with van der Waals surface area (Å²) in [5, 5.41) is 9.73. The molecule has 2 aromatic rings. The van der Waals surface area contributed by atoms with Gasteiger partial charge in [0, 0.05) is 30.2 Å². The molecular weight excluding hydrogens is 246 g/mol. The Labute approximate surface area is 109 Å². The van der Waals surface area contributed by atoms with Crippen LogP contribution in [0.3, 0.4) is 0 Å². The summed E-state index contributed by atoms with van der Waals surface area (Å²) in [5.74, 6) is -1.05. The number of anilines is 1. The molecule has 0 amide bonds. The molecule has 2 aliphatic rings. The Balaban J connectivity index is 1.63. The Morgan fingerprint density at radius 1 is 1.26 bits per heavy atom. The van der Waals surface area contributed by atoms with E-state index in [1.807, 2.05) is 18.2 Å². The fourth-order valence-electron chi connectivity index (χ4n) is 2.84. The van der Waals surface area contributed by atoms with Crippen LogP contribution < -0.4 is 4.90 Å². The van der Waals surface area contributed by atoms with Gasteiger partial charge in [-0.2, -0.15) is 0 Å². The summed E-state index contributed by atoms with van der Waals surface area (Å²) in [7, 11) is 0. The lowest BCUT2D eigenvalue weighted by Crippen LogP contribution is -2.66. The van der Waals surface area contributed by atoms with Crippen LogP contribution in [-0.4, -0.2) is 37.4 Å². The van der Waals surface area contributed by atoms with Gasteiger partial charge in [-0.05, 0) is 18.2 Å². The molecule has 0 aliphatic carbocycles. The van der Waals surface area contributed by atoms with Crippen molar-refractivity contribution >= 4 is 22.6 Å². The number of ether oxygens (including phenoxy) is 1. The molecule has 2 aliphatic heterocycles. The second kappa shape index (κ2) is 3.51. The van der Waals surface area contributed by atoms with Crippen molar-refractivity contribution in [2.75, 3.05) is 31.2 Å². The molecule has 1 aromatic heterocycles. The van der Waals surface area contributed by atoms with E-state index in [4.69, 9.17) is 14.3 Å². The zero-order chi connectivity index (χ0) is 13.0. The van der Waals surface area contributed by atoms with Gasteiger partial charge >= 0.3 is 5.97 Å². The Bertz CT molecular complexity index is 663. The van der Waals surface area contributed by atoms with Crippen LogP contribution in [-0.2, 0) is 4.74 Å². The molecule has 1 N–H and O–H groups in total. The fourth-order valence-corrected chi connectivity index (χ4v) is 2.84. The number of carboxylic acids is 1. The molecule has 2 fully saturated rings. The Hall–Kier alpha value is -2.01. The van der Waals surface area contributed by atoms with Gasteiger partial charge < -0.3 is 19.2 Å². The van der Waals surface area contributed by atoms with E-state index in [1.165, 1.54) is 0 Å². The zero-order valence-corrected chi connectivity index (χ0v) is 10.3. The fraction of sp³-hybridized carbons (Fsp3) is 0.357. The van der Waals surface area contributed by atoms with E-state index in [1.54, 1.807) is 6.07 Å². The number of furan rings is 1. The maximum Gasteiger partial charge on any atom is 0.371 e. The molecule has 3 heterocycles. The molecule has 0 saturated carbocycles. The zero-order valence-electron chi connectivity index (χ0n) is 10.3. The highest BCUT2D eigenvalue weighted by molar-refractivity contribution is 5.92. The van der Waals surface area contributed by atoms with Gasteiger partial charge in [-0.1, -0.05) is 0 Å². The molecule has 2 saturated heterocycles. The van der Waals surface area contributed by atoms with E-state index in [9.17, 15) is 4.79 Å². The molecule has 5 nitrogen and oxygen atoms in total. The molecule has 0 unspecified atom stereocenters. The average molecular weight is 259 g/mol. The van der Waals surface area contributed by atoms with Crippen LogP contribution in [0.2, 0.25) is 0 Å². The summed E-state index contributed by atoms with van der Waals surface area (Å²) < 4.78 is 10.6. The lowest BCUT2D eigenvalue weighted by Gasteiger charge is -2.56. The first kappa shape index (κ1) is 10.9. The monoisotopic (exact) mass is 259 g/mol. The summed E-state index contributed by atoms with van der Waals surface area (Å²) in [6.07, 6.45) is 0. The SMILES string of the molecule is O=C(O)c1cc2ccc(N3CC4(COC4)C3)cc2o1. The van der Waals surface area contributed by atoms with Crippen molar-refractivity contribution in [2.24, 2.45) is 5.41 Å². The van der Waals surface area contributed by atoms with Gasteiger partial charge in [0.15, 0.2) is 0 Å². The summed E-state index contributed by atoms with van der Waals surface area (Å²) in [6, 6.07) is 7.38. The molecule has 4 rings (SSSR count). The van der Waals surface area contributed by atoms with E-state index in [0.29, 0.717) is 11.0 Å². The lowest BCUT2D eigenvalue weighted by molar-refractivity contribution is -0.127. The van der Waals surface area contributed by atoms with E-state index in [2.05, 4.69) is 4.90 Å². The van der Waals surface area contributed by atoms with Gasteiger partial charge in [0.05, 0.1) is 18.6 Å². The number of nitrogens with zero attached hydrogens (tertiary/aromatic N) is 1. The number of aromatic carboxylic acids is 1. The molecule has 19 heavy (non-hydrogen) atoms. The maximum atomic E-state index is 10.9. The van der Waals surface area contributed by atoms with Crippen molar-refractivity contribution in [1.29, 1.82) is 0 Å². The normalized spacial score (nSPS) is 20.3. The van der Waals surface area contributed by atoms with Crippen molar-refractivity contribution in [2.45, 2.75) is 0 Å². The van der Waals surface area contributed by atoms with Gasteiger partial charge in [-0.15, -0.1) is 0 Å². The van der Waals surface area contributed by atoms with Crippen LogP contribution in [0.4, 0.5) is 5.69 Å². The number of carboxylic acid groups (broad SMARTS) is 1. The summed E-state index contributed by atoms with van der Waals surface area (Å²) in [6.45, 7) is 3.72. The van der Waals surface area contributed by atoms with Crippen molar-refractivity contribution in [3.63, 3.8) is 0 Å². The number of carbonyl (C=O) groups is 1. The van der Waals surface area contributed by atoms with Crippen molar-refractivity contribution < 1.29 is 19.1 Å². The molecule has 0 bridgehead atoms. The van der Waals surface area contributed by atoms with E-state index >= 15 is 0 Å². The summed E-state index contributed by atoms with van der Waals surface area (Å²) in [5.41, 5.74) is 2.07. The molecule has 1 aromatic carbocycles. The minimum Gasteiger partial charge on any atom is -0.475 e. The maximum absolute atomic E-state index is 10.9. The largest absolute Gasteiger partial charge is 0.475 e. The second-order valence-corrected chi connectivity index (χ2v) is 5.49. The van der Waals surface area contributed by atoms with Crippen molar-refractivity contribution in [3.05, 3.63) is 30.0 Å². The van der Waals surface area contributed by atoms with E-state index in [-0.39, 0.29) is 5.76 Å². The molecule has 1 spiro atoms. The predicted molar refractivity (Wildman–Crippen MR) is 68.6 cm³/mol. The topological polar surface area (TPSA) is 62.9 Å². The molecule has 0 radical (unpaired) electrons. The third-order valence-corrected chi connectivity index (χ3v) is 3.95. The van der Waals surface area contributed by atoms with Gasteiger partial charge in [0.25, 0.3) is 0 Å². The summed E-state index contributed by atoms with van der Waals surface area (Å²) in [4.78, 5) is 13.1. The van der Waals surface area contributed by atoms with Gasteiger partial charge in [0.2, 0.25) is 5.76 Å². The first-order chi connectivity index (χ1) is 9.15. The van der Waals surface area contributed by atoms with Crippen LogP contribution in [0.5, 0.6) is 0 Å². The van der Waals surface area contributed by atoms with Crippen molar-refractivity contribution in [1.82, 2.24) is 0 Å². The van der Waals surface area contributed by atoms with Crippen molar-refractivity contribution in [3.8, 4) is 0 Å². The minimum absolute atomic E-state index is 0.0142. The molecule has 0 atom stereocenters. The molecule has 5 heteroatoms. The smallest absolute Gasteiger partial charge is 0.371 e. The van der Waals surface area contributed by atoms with E-state index < -0.39 is 5.97 Å². The minimum atomic E-state index is -1.03. The average Bonchev–Trinajstić information content (AvgIpc) is 2.68. The van der Waals surface area contributed by atoms with Crippen LogP contribution in [0.15, 0.2) is 28.7 Å². The lowest BCUT2D eigenvalue weighted by atomic mass is 9.78. The first-order valence-corrected chi connectivity index (χ1v) is 6.25. The Kier molecular flexibility index (Phi) is 2.01. The van der Waals surface area contributed by atoms with Gasteiger partial charge in [-0.25, -0.2) is 4.79 Å². The van der Waals surface area contributed by atoms with Crippen LogP contribution in [0, 0.1) is 5.41 Å². The highest BCUT2D eigenvalue weighted by Gasteiger charge is 2.49. The molecular formula is C14H13NO4. The third kappa shape index (κ3) is 1.55. The first-order valence-electron chi connectivity index (χ1n) is 6.25. The Morgan fingerprint density at radius 3 is 2.68 bits per heavy atom. The van der Waals surface area contributed by atoms with Crippen LogP contribution >= 0.6 is 0 Å². The standard InChI is InChI=1S/C14H13NO4/c16-13(17)12-3-9-1-2-10(4-11(9)19-12)15-5-14(6-15)7-18-8-14/h1-4H,5-8H2,(H,16,17). The number of fused-ring (bicyclic) bond motifs is 1. The highest BCUT2D eigenvalue weighted by Crippen LogP contribution is 2.40. The number of rotatable bonds is 2. The number of benzene rings is 1. The Morgan fingerprint density at radius 2 is 2.05 bits per heavy atom. The number of hydrogen-bond donors (Lipinski definition) is 1. The third-order valence-electron chi connectivity index (χ3n) is 3.95.